The molecule has 2 atom stereocenters. The first-order valence-corrected chi connectivity index (χ1v) is 11.0. The number of aromatic nitrogens is 5. The molecule has 0 radical (unpaired) electrons. The van der Waals surface area contributed by atoms with Crippen LogP contribution in [0.3, 0.4) is 0 Å². The summed E-state index contributed by atoms with van der Waals surface area (Å²) in [5.41, 5.74) is 4.27. The van der Waals surface area contributed by atoms with Crippen molar-refractivity contribution < 1.29 is 4.74 Å². The van der Waals surface area contributed by atoms with Gasteiger partial charge in [0.2, 0.25) is 0 Å². The fourth-order valence-corrected chi connectivity index (χ4v) is 4.38. The molecule has 0 bridgehead atoms. The monoisotopic (exact) mass is 460 g/mol. The molecule has 166 valence electrons. The van der Waals surface area contributed by atoms with Crippen LogP contribution in [0.25, 0.3) is 16.9 Å². The van der Waals surface area contributed by atoms with Crippen molar-refractivity contribution in [3.05, 3.63) is 80.7 Å². The van der Waals surface area contributed by atoms with Crippen molar-refractivity contribution in [1.29, 1.82) is 5.26 Å². The van der Waals surface area contributed by atoms with E-state index in [0.717, 1.165) is 29.7 Å². The Bertz CT molecular complexity index is 1450. The van der Waals surface area contributed by atoms with Gasteiger partial charge in [0.25, 0.3) is 5.56 Å². The SMILES string of the molecule is Cc1nc2c(-c3ccc(C#N)cc3)nc([C@H]3CCO[C@@H](c4cnn(C)c4)C3)cn2c(=O)c1Cl. The summed E-state index contributed by atoms with van der Waals surface area (Å²) in [6, 6.07) is 9.23. The number of ether oxygens (including phenoxy) is 1. The van der Waals surface area contributed by atoms with Gasteiger partial charge < -0.3 is 4.74 Å². The van der Waals surface area contributed by atoms with Crippen LogP contribution in [0.1, 0.15) is 47.4 Å². The maximum absolute atomic E-state index is 13.0. The molecule has 1 aliphatic heterocycles. The summed E-state index contributed by atoms with van der Waals surface area (Å²) in [4.78, 5) is 22.6. The minimum absolute atomic E-state index is 0.0810. The highest BCUT2D eigenvalue weighted by Gasteiger charge is 2.28. The number of hydrogen-bond donors (Lipinski definition) is 0. The predicted octanol–water partition coefficient (Wildman–Crippen LogP) is 3.96. The largest absolute Gasteiger partial charge is 0.373 e. The van der Waals surface area contributed by atoms with Crippen LogP contribution in [0.5, 0.6) is 0 Å². The fraction of sp³-hybridized carbons (Fsp3) is 0.292. The summed E-state index contributed by atoms with van der Waals surface area (Å²) in [6.45, 7) is 2.29. The van der Waals surface area contributed by atoms with Crippen LogP contribution >= 0.6 is 11.6 Å². The maximum atomic E-state index is 13.0. The number of fused-ring (bicyclic) bond motifs is 1. The molecule has 8 nitrogen and oxygen atoms in total. The molecule has 0 unspecified atom stereocenters. The van der Waals surface area contributed by atoms with Crippen LogP contribution in [-0.2, 0) is 11.8 Å². The first kappa shape index (κ1) is 21.3. The molecule has 4 aromatic rings. The second kappa shape index (κ2) is 8.43. The van der Waals surface area contributed by atoms with Gasteiger partial charge in [0.1, 0.15) is 10.7 Å². The second-order valence-corrected chi connectivity index (χ2v) is 8.62. The van der Waals surface area contributed by atoms with Gasteiger partial charge in [-0.15, -0.1) is 0 Å². The number of aryl methyl sites for hydroxylation is 2. The van der Waals surface area contributed by atoms with Crippen molar-refractivity contribution in [3.63, 3.8) is 0 Å². The Labute approximate surface area is 195 Å². The smallest absolute Gasteiger partial charge is 0.277 e. The molecule has 1 aliphatic rings. The van der Waals surface area contributed by atoms with Crippen molar-refractivity contribution in [2.45, 2.75) is 31.8 Å². The van der Waals surface area contributed by atoms with E-state index in [1.165, 1.54) is 4.40 Å². The van der Waals surface area contributed by atoms with E-state index in [-0.39, 0.29) is 22.6 Å². The van der Waals surface area contributed by atoms with Gasteiger partial charge in [-0.2, -0.15) is 10.4 Å². The lowest BCUT2D eigenvalue weighted by atomic mass is 9.90. The van der Waals surface area contributed by atoms with Crippen LogP contribution < -0.4 is 5.56 Å². The Hall–Kier alpha value is -3.54. The van der Waals surface area contributed by atoms with Crippen LogP contribution in [0.2, 0.25) is 5.02 Å². The maximum Gasteiger partial charge on any atom is 0.277 e. The van der Waals surface area contributed by atoms with Crippen molar-refractivity contribution in [1.82, 2.24) is 24.1 Å². The van der Waals surface area contributed by atoms with Gasteiger partial charge in [0, 0.05) is 43.1 Å². The molecule has 0 N–H and O–H groups in total. The zero-order valence-corrected chi connectivity index (χ0v) is 19.0. The van der Waals surface area contributed by atoms with Crippen LogP contribution in [0.4, 0.5) is 0 Å². The molecular formula is C24H21ClN6O2. The minimum Gasteiger partial charge on any atom is -0.373 e. The Balaban J connectivity index is 1.64. The van der Waals surface area contributed by atoms with E-state index in [9.17, 15) is 4.79 Å². The van der Waals surface area contributed by atoms with Crippen molar-refractivity contribution >= 4 is 17.2 Å². The first-order chi connectivity index (χ1) is 15.9. The number of halogens is 1. The first-order valence-electron chi connectivity index (χ1n) is 10.6. The molecule has 0 spiro atoms. The average molecular weight is 461 g/mol. The molecule has 0 saturated carbocycles. The summed E-state index contributed by atoms with van der Waals surface area (Å²) >= 11 is 6.26. The molecule has 3 aromatic heterocycles. The molecule has 33 heavy (non-hydrogen) atoms. The van der Waals surface area contributed by atoms with Crippen LogP contribution in [0.15, 0.2) is 47.7 Å². The van der Waals surface area contributed by atoms with E-state index in [1.54, 1.807) is 29.9 Å². The van der Waals surface area contributed by atoms with Gasteiger partial charge in [-0.05, 0) is 31.9 Å². The van der Waals surface area contributed by atoms with Gasteiger partial charge in [0.15, 0.2) is 5.65 Å². The molecule has 9 heteroatoms. The lowest BCUT2D eigenvalue weighted by molar-refractivity contribution is 0.00456. The highest BCUT2D eigenvalue weighted by molar-refractivity contribution is 6.31. The van der Waals surface area contributed by atoms with Crippen LogP contribution in [0, 0.1) is 18.3 Å². The fourth-order valence-electron chi connectivity index (χ4n) is 4.24. The molecule has 1 aromatic carbocycles. The number of rotatable bonds is 3. The Morgan fingerprint density at radius 2 is 2.00 bits per heavy atom. The van der Waals surface area contributed by atoms with E-state index in [2.05, 4.69) is 16.2 Å². The quantitative estimate of drug-likeness (QED) is 0.459. The number of nitrogens with zero attached hydrogens (tertiary/aromatic N) is 6. The number of nitriles is 1. The normalized spacial score (nSPS) is 18.4. The molecule has 4 heterocycles. The van der Waals surface area contributed by atoms with Crippen LogP contribution in [-0.4, -0.2) is 30.8 Å². The highest BCUT2D eigenvalue weighted by atomic mass is 35.5. The summed E-state index contributed by atoms with van der Waals surface area (Å²) in [5.74, 6) is 0.0810. The lowest BCUT2D eigenvalue weighted by Crippen LogP contribution is -2.23. The summed E-state index contributed by atoms with van der Waals surface area (Å²) < 4.78 is 9.25. The zero-order valence-electron chi connectivity index (χ0n) is 18.2. The topological polar surface area (TPSA) is 98.1 Å². The summed E-state index contributed by atoms with van der Waals surface area (Å²) in [7, 11) is 1.88. The third kappa shape index (κ3) is 3.90. The van der Waals surface area contributed by atoms with Gasteiger partial charge in [-0.25, -0.2) is 9.97 Å². The molecule has 5 rings (SSSR count). The van der Waals surface area contributed by atoms with E-state index in [0.29, 0.717) is 29.2 Å². The van der Waals surface area contributed by atoms with Crippen molar-refractivity contribution in [2.24, 2.45) is 7.05 Å². The molecule has 0 amide bonds. The number of benzene rings is 1. The minimum atomic E-state index is -0.325. The Morgan fingerprint density at radius 3 is 2.70 bits per heavy atom. The Morgan fingerprint density at radius 1 is 1.21 bits per heavy atom. The Kier molecular flexibility index (Phi) is 5.44. The average Bonchev–Trinajstić information content (AvgIpc) is 3.29. The molecule has 1 saturated heterocycles. The molecule has 0 aliphatic carbocycles. The molecule has 1 fully saturated rings. The van der Waals surface area contributed by atoms with Gasteiger partial charge in [0.05, 0.1) is 35.3 Å². The van der Waals surface area contributed by atoms with Gasteiger partial charge >= 0.3 is 0 Å². The third-order valence-corrected chi connectivity index (χ3v) is 6.46. The van der Waals surface area contributed by atoms with Gasteiger partial charge in [-0.3, -0.25) is 13.9 Å². The van der Waals surface area contributed by atoms with Crippen molar-refractivity contribution in [2.75, 3.05) is 6.61 Å². The standard InChI is InChI=1S/C24H21ClN6O2/c1-14-21(25)24(32)31-13-19(17-7-8-33-20(9-17)18-11-27-30(2)12-18)29-22(23(31)28-14)16-5-3-15(10-26)4-6-16/h3-6,11-13,17,20H,7-9H2,1-2H3/t17-,20+/m0/s1. The lowest BCUT2D eigenvalue weighted by Gasteiger charge is -2.29. The van der Waals surface area contributed by atoms with E-state index < -0.39 is 0 Å². The van der Waals surface area contributed by atoms with E-state index in [1.807, 2.05) is 31.6 Å². The highest BCUT2D eigenvalue weighted by Crippen LogP contribution is 2.37. The summed E-state index contributed by atoms with van der Waals surface area (Å²) in [6.07, 6.45) is 6.94. The summed E-state index contributed by atoms with van der Waals surface area (Å²) in [5, 5.41) is 13.5. The third-order valence-electron chi connectivity index (χ3n) is 6.03. The van der Waals surface area contributed by atoms with Crippen molar-refractivity contribution in [3.8, 4) is 17.3 Å². The number of hydrogen-bond acceptors (Lipinski definition) is 6. The van der Waals surface area contributed by atoms with Gasteiger partial charge in [-0.1, -0.05) is 23.7 Å². The molecular weight excluding hydrogens is 440 g/mol. The predicted molar refractivity (Wildman–Crippen MR) is 123 cm³/mol. The second-order valence-electron chi connectivity index (χ2n) is 8.24. The van der Waals surface area contributed by atoms with E-state index >= 15 is 0 Å². The zero-order chi connectivity index (χ0) is 23.1. The van der Waals surface area contributed by atoms with E-state index in [4.69, 9.17) is 26.6 Å².